The smallest absolute Gasteiger partial charge is 0.234 e. The van der Waals surface area contributed by atoms with Crippen LogP contribution >= 0.6 is 0 Å². The average Bonchev–Trinajstić information content (AvgIpc) is 2.83. The van der Waals surface area contributed by atoms with E-state index in [9.17, 15) is 9.59 Å². The van der Waals surface area contributed by atoms with E-state index in [4.69, 9.17) is 0 Å². The summed E-state index contributed by atoms with van der Waals surface area (Å²) in [6.45, 7) is 14.4. The number of likely N-dealkylation sites (N-methyl/N-ethyl adjacent to an activating group) is 1. The average molecular weight is 413 g/mol. The van der Waals surface area contributed by atoms with Crippen LogP contribution in [0.3, 0.4) is 0 Å². The minimum Gasteiger partial charge on any atom is -0.350 e. The Hall–Kier alpha value is -2.18. The maximum Gasteiger partial charge on any atom is 0.234 e. The molecule has 0 bridgehead atoms. The van der Waals surface area contributed by atoms with Gasteiger partial charge < -0.3 is 10.2 Å². The van der Waals surface area contributed by atoms with Gasteiger partial charge >= 0.3 is 0 Å². The van der Waals surface area contributed by atoms with Gasteiger partial charge in [-0.05, 0) is 32.4 Å². The van der Waals surface area contributed by atoms with Crippen LogP contribution in [-0.2, 0) is 15.0 Å². The van der Waals surface area contributed by atoms with Crippen molar-refractivity contribution in [1.29, 1.82) is 0 Å². The van der Waals surface area contributed by atoms with Gasteiger partial charge in [0.2, 0.25) is 5.91 Å². The van der Waals surface area contributed by atoms with Crippen molar-refractivity contribution in [3.05, 3.63) is 41.6 Å². The molecule has 0 aliphatic carbocycles. The normalized spacial score (nSPS) is 21.0. The summed E-state index contributed by atoms with van der Waals surface area (Å²) in [7, 11) is 2.04. The van der Waals surface area contributed by atoms with Gasteiger partial charge in [-0.3, -0.25) is 19.4 Å². The predicted molar refractivity (Wildman–Crippen MR) is 122 cm³/mol. The van der Waals surface area contributed by atoms with Crippen molar-refractivity contribution in [3.63, 3.8) is 0 Å². The first-order valence-electron chi connectivity index (χ1n) is 10.8. The van der Waals surface area contributed by atoms with E-state index in [1.54, 1.807) is 0 Å². The molecule has 0 unspecified atom stereocenters. The first-order chi connectivity index (χ1) is 14.0. The van der Waals surface area contributed by atoms with Gasteiger partial charge in [-0.25, -0.2) is 0 Å². The summed E-state index contributed by atoms with van der Waals surface area (Å²) in [6, 6.07) is 8.35. The van der Waals surface area contributed by atoms with Crippen molar-refractivity contribution in [3.8, 4) is 0 Å². The summed E-state index contributed by atoms with van der Waals surface area (Å²) in [5.41, 5.74) is 3.09. The monoisotopic (exact) mass is 412 g/mol. The fraction of sp³-hybridized carbons (Fsp3) is 0.583. The Kier molecular flexibility index (Phi) is 6.39. The van der Waals surface area contributed by atoms with Crippen molar-refractivity contribution >= 4 is 17.4 Å². The fourth-order valence-corrected chi connectivity index (χ4v) is 4.44. The number of ketones is 1. The zero-order valence-electron chi connectivity index (χ0n) is 19.3. The number of rotatable bonds is 5. The van der Waals surface area contributed by atoms with Gasteiger partial charge in [0.25, 0.3) is 0 Å². The van der Waals surface area contributed by atoms with E-state index in [2.05, 4.69) is 52.1 Å². The highest BCUT2D eigenvalue weighted by Gasteiger charge is 2.38. The fourth-order valence-electron chi connectivity index (χ4n) is 4.44. The van der Waals surface area contributed by atoms with Crippen LogP contribution in [0.1, 0.15) is 40.2 Å². The van der Waals surface area contributed by atoms with Crippen LogP contribution in [-0.4, -0.2) is 73.3 Å². The lowest BCUT2D eigenvalue weighted by atomic mass is 9.83. The summed E-state index contributed by atoms with van der Waals surface area (Å²) >= 11 is 0. The van der Waals surface area contributed by atoms with Crippen LogP contribution in [0, 0.1) is 0 Å². The molecule has 0 aromatic heterocycles. The van der Waals surface area contributed by atoms with E-state index in [-0.39, 0.29) is 22.6 Å². The highest BCUT2D eigenvalue weighted by Crippen LogP contribution is 2.46. The molecule has 0 spiro atoms. The van der Waals surface area contributed by atoms with Gasteiger partial charge in [-0.1, -0.05) is 32.0 Å². The third kappa shape index (κ3) is 5.10. The van der Waals surface area contributed by atoms with E-state index in [0.717, 1.165) is 31.9 Å². The largest absolute Gasteiger partial charge is 0.350 e. The van der Waals surface area contributed by atoms with Crippen molar-refractivity contribution in [2.24, 2.45) is 0 Å². The van der Waals surface area contributed by atoms with Gasteiger partial charge in [0.1, 0.15) is 0 Å². The number of para-hydroxylation sites is 1. The van der Waals surface area contributed by atoms with E-state index < -0.39 is 0 Å². The molecule has 2 aliphatic heterocycles. The quantitative estimate of drug-likeness (QED) is 0.753. The maximum atomic E-state index is 12.8. The molecule has 3 rings (SSSR count). The molecule has 0 atom stereocenters. The minimum absolute atomic E-state index is 0.0582. The van der Waals surface area contributed by atoms with Crippen LogP contribution in [0.5, 0.6) is 0 Å². The first kappa shape index (κ1) is 22.5. The van der Waals surface area contributed by atoms with Gasteiger partial charge in [0.05, 0.1) is 13.1 Å². The van der Waals surface area contributed by atoms with Crippen molar-refractivity contribution in [2.45, 2.75) is 45.6 Å². The molecule has 0 radical (unpaired) electrons. The molecule has 6 heteroatoms. The Bertz CT molecular complexity index is 830. The molecule has 6 nitrogen and oxygen atoms in total. The molecule has 1 fully saturated rings. The molecule has 1 aromatic rings. The molecule has 1 amide bonds. The number of fused-ring (bicyclic) bond motifs is 1. The standard InChI is InChI=1S/C24H36N4O2/c1-23(2,3)25-22(30)17-28-13-11-27(12-14-28)16-18(29)15-21-24(4,5)19-9-7-8-10-20(19)26(21)6/h7-10,15H,11-14,16-17H2,1-6H3,(H,25,30)/b21-15-. The number of carbonyl (C=O) groups excluding carboxylic acids is 2. The Labute approximate surface area is 180 Å². The van der Waals surface area contributed by atoms with E-state index >= 15 is 0 Å². The molecule has 164 valence electrons. The van der Waals surface area contributed by atoms with E-state index in [0.29, 0.717) is 13.1 Å². The number of piperazine rings is 1. The van der Waals surface area contributed by atoms with E-state index in [1.165, 1.54) is 11.3 Å². The van der Waals surface area contributed by atoms with Crippen LogP contribution in [0.15, 0.2) is 36.0 Å². The maximum absolute atomic E-state index is 12.8. The number of nitrogens with zero attached hydrogens (tertiary/aromatic N) is 3. The summed E-state index contributed by atoms with van der Waals surface area (Å²) < 4.78 is 0. The summed E-state index contributed by atoms with van der Waals surface area (Å²) in [6.07, 6.45) is 1.82. The molecule has 2 heterocycles. The highest BCUT2D eigenvalue weighted by molar-refractivity contribution is 5.94. The van der Waals surface area contributed by atoms with Gasteiger partial charge in [0, 0.05) is 61.6 Å². The Morgan fingerprint density at radius 1 is 1.03 bits per heavy atom. The van der Waals surface area contributed by atoms with Crippen molar-refractivity contribution in [2.75, 3.05) is 51.2 Å². The Morgan fingerprint density at radius 3 is 2.17 bits per heavy atom. The van der Waals surface area contributed by atoms with Crippen LogP contribution in [0.2, 0.25) is 0 Å². The number of carbonyl (C=O) groups is 2. The van der Waals surface area contributed by atoms with E-state index in [1.807, 2.05) is 40.0 Å². The predicted octanol–water partition coefficient (Wildman–Crippen LogP) is 2.40. The molecule has 30 heavy (non-hydrogen) atoms. The van der Waals surface area contributed by atoms with Gasteiger partial charge in [-0.2, -0.15) is 0 Å². The number of anilines is 1. The number of amides is 1. The van der Waals surface area contributed by atoms with Crippen molar-refractivity contribution in [1.82, 2.24) is 15.1 Å². The number of benzene rings is 1. The lowest BCUT2D eigenvalue weighted by molar-refractivity contribution is -0.124. The Balaban J connectivity index is 1.54. The van der Waals surface area contributed by atoms with Gasteiger partial charge in [0.15, 0.2) is 5.78 Å². The minimum atomic E-state index is -0.209. The molecule has 1 N–H and O–H groups in total. The summed E-state index contributed by atoms with van der Waals surface area (Å²) in [4.78, 5) is 31.5. The lowest BCUT2D eigenvalue weighted by Crippen LogP contribution is -2.52. The summed E-state index contributed by atoms with van der Waals surface area (Å²) in [5.74, 6) is 0.194. The summed E-state index contributed by atoms with van der Waals surface area (Å²) in [5, 5.41) is 3.01. The molecular weight excluding hydrogens is 376 g/mol. The topological polar surface area (TPSA) is 55.9 Å². The van der Waals surface area contributed by atoms with Gasteiger partial charge in [-0.15, -0.1) is 0 Å². The Morgan fingerprint density at radius 2 is 1.60 bits per heavy atom. The zero-order chi connectivity index (χ0) is 22.1. The number of allylic oxidation sites excluding steroid dienone is 1. The lowest BCUT2D eigenvalue weighted by Gasteiger charge is -2.34. The number of hydrogen-bond acceptors (Lipinski definition) is 5. The molecule has 1 saturated heterocycles. The zero-order valence-corrected chi connectivity index (χ0v) is 19.3. The third-order valence-electron chi connectivity index (χ3n) is 5.96. The van der Waals surface area contributed by atoms with Crippen LogP contribution in [0.4, 0.5) is 5.69 Å². The SMILES string of the molecule is CN1/C(=C\C(=O)CN2CCN(CC(=O)NC(C)(C)C)CC2)C(C)(C)c2ccccc21. The second-order valence-corrected chi connectivity index (χ2v) is 10.0. The second kappa shape index (κ2) is 8.52. The molecular formula is C24H36N4O2. The third-order valence-corrected chi connectivity index (χ3v) is 5.96. The number of hydrogen-bond donors (Lipinski definition) is 1. The second-order valence-electron chi connectivity index (χ2n) is 10.0. The number of nitrogens with one attached hydrogen (secondary N) is 1. The molecule has 0 saturated carbocycles. The van der Waals surface area contributed by atoms with Crippen LogP contribution in [0.25, 0.3) is 0 Å². The van der Waals surface area contributed by atoms with Crippen molar-refractivity contribution < 1.29 is 9.59 Å². The first-order valence-corrected chi connectivity index (χ1v) is 10.8. The molecule has 2 aliphatic rings. The van der Waals surface area contributed by atoms with Crippen LogP contribution < -0.4 is 10.2 Å². The molecule has 1 aromatic carbocycles. The highest BCUT2D eigenvalue weighted by atomic mass is 16.2.